The maximum Gasteiger partial charge on any atom is 0.241 e. The Morgan fingerprint density at radius 2 is 2.11 bits per heavy atom. The van der Waals surface area contributed by atoms with Crippen LogP contribution in [0.4, 0.5) is 11.4 Å². The van der Waals surface area contributed by atoms with Crippen LogP contribution in [0.1, 0.15) is 19.8 Å². The number of hydrogen-bond donors (Lipinski definition) is 2. The topological polar surface area (TPSA) is 67.6 Å². The second-order valence-electron chi connectivity index (χ2n) is 4.86. The standard InChI is InChI=1S/C14H21N3O2/c1-10(17-7-3-4-8-17)14(18)16-13-6-5-11(19-2)9-12(13)15/h5-6,9-10H,3-4,7-8,15H2,1-2H3,(H,16,18). The number of amides is 1. The molecule has 0 aromatic heterocycles. The normalized spacial score (nSPS) is 17.2. The summed E-state index contributed by atoms with van der Waals surface area (Å²) in [5, 5.41) is 2.88. The number of nitrogens with two attached hydrogens (primary N) is 1. The summed E-state index contributed by atoms with van der Waals surface area (Å²) in [7, 11) is 1.59. The van der Waals surface area contributed by atoms with Crippen LogP contribution in [0.3, 0.4) is 0 Å². The van der Waals surface area contributed by atoms with E-state index in [1.54, 1.807) is 25.3 Å². The number of rotatable bonds is 4. The van der Waals surface area contributed by atoms with Gasteiger partial charge in [0.15, 0.2) is 0 Å². The number of likely N-dealkylation sites (tertiary alicyclic amines) is 1. The highest BCUT2D eigenvalue weighted by Crippen LogP contribution is 2.24. The van der Waals surface area contributed by atoms with Gasteiger partial charge in [-0.25, -0.2) is 0 Å². The molecule has 2 rings (SSSR count). The van der Waals surface area contributed by atoms with Crippen LogP contribution >= 0.6 is 0 Å². The Morgan fingerprint density at radius 1 is 1.42 bits per heavy atom. The fourth-order valence-electron chi connectivity index (χ4n) is 2.31. The predicted octanol–water partition coefficient (Wildman–Crippen LogP) is 1.70. The van der Waals surface area contributed by atoms with Gasteiger partial charge in [-0.2, -0.15) is 0 Å². The molecule has 0 saturated carbocycles. The van der Waals surface area contributed by atoms with Crippen molar-refractivity contribution in [2.24, 2.45) is 0 Å². The molecule has 1 saturated heterocycles. The molecule has 1 heterocycles. The first-order valence-electron chi connectivity index (χ1n) is 6.60. The minimum Gasteiger partial charge on any atom is -0.497 e. The highest BCUT2D eigenvalue weighted by Gasteiger charge is 2.24. The number of hydrogen-bond acceptors (Lipinski definition) is 4. The summed E-state index contributed by atoms with van der Waals surface area (Å²) in [5.74, 6) is 0.668. The molecule has 3 N–H and O–H groups in total. The molecule has 104 valence electrons. The molecule has 1 aromatic rings. The van der Waals surface area contributed by atoms with E-state index in [0.29, 0.717) is 17.1 Å². The molecule has 0 spiro atoms. The van der Waals surface area contributed by atoms with E-state index >= 15 is 0 Å². The van der Waals surface area contributed by atoms with Crippen LogP contribution in [0.5, 0.6) is 5.75 Å². The van der Waals surface area contributed by atoms with Gasteiger partial charge in [0.25, 0.3) is 0 Å². The van der Waals surface area contributed by atoms with E-state index in [9.17, 15) is 4.79 Å². The van der Waals surface area contributed by atoms with Crippen LogP contribution < -0.4 is 15.8 Å². The van der Waals surface area contributed by atoms with Gasteiger partial charge < -0.3 is 15.8 Å². The number of carbonyl (C=O) groups is 1. The highest BCUT2D eigenvalue weighted by molar-refractivity contribution is 5.97. The molecular weight excluding hydrogens is 242 g/mol. The van der Waals surface area contributed by atoms with Gasteiger partial charge in [0.05, 0.1) is 24.5 Å². The van der Waals surface area contributed by atoms with Crippen molar-refractivity contribution in [2.45, 2.75) is 25.8 Å². The Bertz CT molecular complexity index is 456. The van der Waals surface area contributed by atoms with Gasteiger partial charge in [-0.1, -0.05) is 0 Å². The summed E-state index contributed by atoms with van der Waals surface area (Å²) >= 11 is 0. The van der Waals surface area contributed by atoms with E-state index in [2.05, 4.69) is 10.2 Å². The molecule has 5 nitrogen and oxygen atoms in total. The number of anilines is 2. The molecular formula is C14H21N3O2. The molecule has 5 heteroatoms. The summed E-state index contributed by atoms with van der Waals surface area (Å²) in [5.41, 5.74) is 7.04. The molecule has 1 aliphatic heterocycles. The van der Waals surface area contributed by atoms with Crippen molar-refractivity contribution in [3.8, 4) is 5.75 Å². The first-order chi connectivity index (χ1) is 9.11. The Morgan fingerprint density at radius 3 is 2.68 bits per heavy atom. The minimum absolute atomic E-state index is 0.0150. The molecule has 1 aliphatic rings. The summed E-state index contributed by atoms with van der Waals surface area (Å²) in [6.07, 6.45) is 2.34. The fraction of sp³-hybridized carbons (Fsp3) is 0.500. The Kier molecular flexibility index (Phi) is 4.27. The third kappa shape index (κ3) is 3.17. The van der Waals surface area contributed by atoms with Crippen molar-refractivity contribution in [2.75, 3.05) is 31.2 Å². The zero-order valence-electron chi connectivity index (χ0n) is 11.5. The highest BCUT2D eigenvalue weighted by atomic mass is 16.5. The number of nitrogen functional groups attached to an aromatic ring is 1. The average molecular weight is 263 g/mol. The first-order valence-corrected chi connectivity index (χ1v) is 6.60. The van der Waals surface area contributed by atoms with Gasteiger partial charge in [-0.05, 0) is 45.0 Å². The second kappa shape index (κ2) is 5.93. The molecule has 1 fully saturated rings. The molecule has 1 atom stereocenters. The van der Waals surface area contributed by atoms with Crippen LogP contribution in [-0.2, 0) is 4.79 Å². The van der Waals surface area contributed by atoms with E-state index in [4.69, 9.17) is 10.5 Å². The van der Waals surface area contributed by atoms with E-state index in [-0.39, 0.29) is 11.9 Å². The molecule has 0 bridgehead atoms. The Balaban J connectivity index is 2.01. The number of methoxy groups -OCH3 is 1. The summed E-state index contributed by atoms with van der Waals surface area (Å²) in [6, 6.07) is 5.13. The van der Waals surface area contributed by atoms with Gasteiger partial charge in [-0.15, -0.1) is 0 Å². The van der Waals surface area contributed by atoms with Gasteiger partial charge in [0.2, 0.25) is 5.91 Å². The van der Waals surface area contributed by atoms with Gasteiger partial charge in [0, 0.05) is 6.07 Å². The molecule has 1 amide bonds. The summed E-state index contributed by atoms with van der Waals surface area (Å²) in [4.78, 5) is 14.4. The van der Waals surface area contributed by atoms with Crippen LogP contribution in [0.15, 0.2) is 18.2 Å². The Hall–Kier alpha value is -1.75. The number of benzene rings is 1. The van der Waals surface area contributed by atoms with Crippen molar-refractivity contribution in [3.63, 3.8) is 0 Å². The lowest BCUT2D eigenvalue weighted by Crippen LogP contribution is -2.40. The molecule has 0 aliphatic carbocycles. The number of nitrogens with zero attached hydrogens (tertiary/aromatic N) is 1. The maximum absolute atomic E-state index is 12.2. The number of ether oxygens (including phenoxy) is 1. The molecule has 0 radical (unpaired) electrons. The summed E-state index contributed by atoms with van der Waals surface area (Å²) < 4.78 is 5.08. The van der Waals surface area contributed by atoms with E-state index in [1.807, 2.05) is 6.92 Å². The third-order valence-corrected chi connectivity index (χ3v) is 3.58. The number of nitrogens with one attached hydrogen (secondary N) is 1. The Labute approximate surface area is 113 Å². The third-order valence-electron chi connectivity index (χ3n) is 3.58. The molecule has 1 aromatic carbocycles. The zero-order valence-corrected chi connectivity index (χ0v) is 11.5. The van der Waals surface area contributed by atoms with Crippen molar-refractivity contribution < 1.29 is 9.53 Å². The van der Waals surface area contributed by atoms with E-state index in [1.165, 1.54) is 12.8 Å². The van der Waals surface area contributed by atoms with Crippen molar-refractivity contribution in [1.29, 1.82) is 0 Å². The zero-order chi connectivity index (χ0) is 13.8. The summed E-state index contributed by atoms with van der Waals surface area (Å²) in [6.45, 7) is 3.92. The second-order valence-corrected chi connectivity index (χ2v) is 4.86. The lowest BCUT2D eigenvalue weighted by atomic mass is 10.2. The maximum atomic E-state index is 12.2. The molecule has 1 unspecified atom stereocenters. The average Bonchev–Trinajstić information content (AvgIpc) is 2.94. The van der Waals surface area contributed by atoms with E-state index in [0.717, 1.165) is 13.1 Å². The van der Waals surface area contributed by atoms with Gasteiger partial charge in [-0.3, -0.25) is 9.69 Å². The fourth-order valence-corrected chi connectivity index (χ4v) is 2.31. The van der Waals surface area contributed by atoms with Crippen LogP contribution in [0, 0.1) is 0 Å². The van der Waals surface area contributed by atoms with Crippen LogP contribution in [0.2, 0.25) is 0 Å². The van der Waals surface area contributed by atoms with Crippen molar-refractivity contribution in [3.05, 3.63) is 18.2 Å². The van der Waals surface area contributed by atoms with Gasteiger partial charge >= 0.3 is 0 Å². The first kappa shape index (κ1) is 13.7. The van der Waals surface area contributed by atoms with Crippen molar-refractivity contribution >= 4 is 17.3 Å². The monoisotopic (exact) mass is 263 g/mol. The minimum atomic E-state index is -0.121. The van der Waals surface area contributed by atoms with Crippen LogP contribution in [0.25, 0.3) is 0 Å². The smallest absolute Gasteiger partial charge is 0.241 e. The van der Waals surface area contributed by atoms with Crippen LogP contribution in [-0.4, -0.2) is 37.0 Å². The SMILES string of the molecule is COc1ccc(NC(=O)C(C)N2CCCC2)c(N)c1. The number of carbonyl (C=O) groups excluding carboxylic acids is 1. The lowest BCUT2D eigenvalue weighted by Gasteiger charge is -2.23. The molecule has 19 heavy (non-hydrogen) atoms. The lowest BCUT2D eigenvalue weighted by molar-refractivity contribution is -0.120. The predicted molar refractivity (Wildman–Crippen MR) is 76.3 cm³/mol. The largest absolute Gasteiger partial charge is 0.497 e. The van der Waals surface area contributed by atoms with Gasteiger partial charge in [0.1, 0.15) is 5.75 Å². The van der Waals surface area contributed by atoms with E-state index < -0.39 is 0 Å². The quantitative estimate of drug-likeness (QED) is 0.811. The van der Waals surface area contributed by atoms with Crippen molar-refractivity contribution in [1.82, 2.24) is 4.90 Å².